The van der Waals surface area contributed by atoms with E-state index in [4.69, 9.17) is 0 Å². The number of halogens is 1. The van der Waals surface area contributed by atoms with Crippen LogP contribution in [0.3, 0.4) is 0 Å². The molecule has 0 fully saturated rings. The Bertz CT molecular complexity index is 1100. The predicted octanol–water partition coefficient (Wildman–Crippen LogP) is 3.66. The number of amides is 1. The van der Waals surface area contributed by atoms with E-state index in [9.17, 15) is 9.18 Å². The second-order valence-corrected chi connectivity index (χ2v) is 6.67. The van der Waals surface area contributed by atoms with E-state index in [-0.39, 0.29) is 17.5 Å². The van der Waals surface area contributed by atoms with Crippen LogP contribution < -0.4 is 5.32 Å². The summed E-state index contributed by atoms with van der Waals surface area (Å²) in [7, 11) is 0. The quantitative estimate of drug-likeness (QED) is 0.536. The summed E-state index contributed by atoms with van der Waals surface area (Å²) in [5.74, 6) is 0.181. The van der Waals surface area contributed by atoms with Crippen molar-refractivity contribution in [3.8, 4) is 11.4 Å². The topological polar surface area (TPSA) is 72.2 Å². The third kappa shape index (κ3) is 3.95. The van der Waals surface area contributed by atoms with Crippen molar-refractivity contribution in [1.29, 1.82) is 0 Å². The average molecular weight is 379 g/mol. The summed E-state index contributed by atoms with van der Waals surface area (Å²) in [6, 6.07) is 18.9. The molecule has 0 unspecified atom stereocenters. The maximum atomic E-state index is 13.5. The van der Waals surface area contributed by atoms with Crippen molar-refractivity contribution in [2.24, 2.45) is 0 Å². The lowest BCUT2D eigenvalue weighted by atomic mass is 10.2. The molecule has 0 bridgehead atoms. The Morgan fingerprint density at radius 2 is 1.89 bits per heavy atom. The van der Waals surface area contributed by atoms with E-state index in [1.807, 2.05) is 30.3 Å². The van der Waals surface area contributed by atoms with Crippen LogP contribution in [0.4, 0.5) is 10.1 Å². The summed E-state index contributed by atoms with van der Waals surface area (Å²) >= 11 is 1.30. The van der Waals surface area contributed by atoms with Crippen LogP contribution in [0.5, 0.6) is 0 Å². The maximum Gasteiger partial charge on any atom is 0.234 e. The molecule has 2 aromatic heterocycles. The zero-order valence-electron chi connectivity index (χ0n) is 14.0. The zero-order chi connectivity index (χ0) is 18.6. The lowest BCUT2D eigenvalue weighted by Crippen LogP contribution is -2.14. The highest BCUT2D eigenvalue weighted by Crippen LogP contribution is 2.21. The Hall–Kier alpha value is -3.26. The molecule has 4 aromatic rings. The van der Waals surface area contributed by atoms with Gasteiger partial charge in [0.1, 0.15) is 10.8 Å². The summed E-state index contributed by atoms with van der Waals surface area (Å²) in [6.45, 7) is 0. The van der Waals surface area contributed by atoms with Crippen LogP contribution in [-0.4, -0.2) is 31.5 Å². The van der Waals surface area contributed by atoms with E-state index in [1.165, 1.54) is 23.9 Å². The van der Waals surface area contributed by atoms with Crippen molar-refractivity contribution in [1.82, 2.24) is 19.8 Å². The number of thioether (sulfide) groups is 1. The van der Waals surface area contributed by atoms with Gasteiger partial charge in [0.05, 0.1) is 5.75 Å². The number of carbonyl (C=O) groups excluding carboxylic acids is 1. The van der Waals surface area contributed by atoms with E-state index < -0.39 is 0 Å². The van der Waals surface area contributed by atoms with Crippen molar-refractivity contribution >= 4 is 29.0 Å². The van der Waals surface area contributed by atoms with Crippen molar-refractivity contribution in [2.45, 2.75) is 5.03 Å². The van der Waals surface area contributed by atoms with Crippen LogP contribution in [0.25, 0.3) is 17.0 Å². The molecule has 8 heteroatoms. The SMILES string of the molecule is O=C(CSc1ccc2nnc(-c3cccc(F)c3)n2n1)Nc1ccccc1. The van der Waals surface area contributed by atoms with Gasteiger partial charge < -0.3 is 5.32 Å². The number of aromatic nitrogens is 4. The second-order valence-electron chi connectivity index (χ2n) is 5.68. The summed E-state index contributed by atoms with van der Waals surface area (Å²) in [5.41, 5.74) is 1.88. The highest BCUT2D eigenvalue weighted by atomic mass is 32.2. The standard InChI is InChI=1S/C19H14FN5OS/c20-14-6-4-5-13(11-14)19-23-22-16-9-10-18(24-25(16)19)27-12-17(26)21-15-7-2-1-3-8-15/h1-11H,12H2,(H,21,26). The summed E-state index contributed by atoms with van der Waals surface area (Å²) < 4.78 is 15.0. The largest absolute Gasteiger partial charge is 0.325 e. The molecule has 0 radical (unpaired) electrons. The van der Waals surface area contributed by atoms with Crippen LogP contribution in [0, 0.1) is 5.82 Å². The van der Waals surface area contributed by atoms with Gasteiger partial charge in [0.15, 0.2) is 11.5 Å². The minimum absolute atomic E-state index is 0.123. The van der Waals surface area contributed by atoms with Crippen LogP contribution in [-0.2, 0) is 4.79 Å². The number of carbonyl (C=O) groups is 1. The number of hydrogen-bond donors (Lipinski definition) is 1. The Morgan fingerprint density at radius 3 is 2.70 bits per heavy atom. The summed E-state index contributed by atoms with van der Waals surface area (Å²) in [6.07, 6.45) is 0. The highest BCUT2D eigenvalue weighted by molar-refractivity contribution is 7.99. The first-order valence-corrected chi connectivity index (χ1v) is 9.14. The fraction of sp³-hybridized carbons (Fsp3) is 0.0526. The molecule has 0 atom stereocenters. The molecule has 0 saturated heterocycles. The Morgan fingerprint density at radius 1 is 1.04 bits per heavy atom. The maximum absolute atomic E-state index is 13.5. The normalized spacial score (nSPS) is 10.9. The first-order valence-electron chi connectivity index (χ1n) is 8.15. The van der Waals surface area contributed by atoms with Crippen molar-refractivity contribution in [3.63, 3.8) is 0 Å². The molecule has 2 heterocycles. The van der Waals surface area contributed by atoms with Gasteiger partial charge in [0.2, 0.25) is 5.91 Å². The zero-order valence-corrected chi connectivity index (χ0v) is 14.9. The van der Waals surface area contributed by atoms with Gasteiger partial charge >= 0.3 is 0 Å². The minimum atomic E-state index is -0.354. The van der Waals surface area contributed by atoms with Crippen LogP contribution in [0.1, 0.15) is 0 Å². The summed E-state index contributed by atoms with van der Waals surface area (Å²) in [5, 5.41) is 16.1. The first-order chi connectivity index (χ1) is 13.2. The fourth-order valence-corrected chi connectivity index (χ4v) is 3.17. The predicted molar refractivity (Wildman–Crippen MR) is 102 cm³/mol. The van der Waals surface area contributed by atoms with Crippen LogP contribution >= 0.6 is 11.8 Å². The first kappa shape index (κ1) is 17.2. The van der Waals surface area contributed by atoms with Gasteiger partial charge in [-0.25, -0.2) is 4.39 Å². The van der Waals surface area contributed by atoms with Gasteiger partial charge in [-0.15, -0.1) is 10.2 Å². The summed E-state index contributed by atoms with van der Waals surface area (Å²) in [4.78, 5) is 12.1. The lowest BCUT2D eigenvalue weighted by Gasteiger charge is -2.05. The number of rotatable bonds is 5. The van der Waals surface area contributed by atoms with Gasteiger partial charge in [-0.3, -0.25) is 4.79 Å². The average Bonchev–Trinajstić information content (AvgIpc) is 3.10. The van der Waals surface area contributed by atoms with Gasteiger partial charge in [0, 0.05) is 11.3 Å². The molecular weight excluding hydrogens is 365 g/mol. The molecular formula is C19H14FN5OS. The number of para-hydroxylation sites is 1. The smallest absolute Gasteiger partial charge is 0.234 e. The van der Waals surface area contributed by atoms with Crippen LogP contribution in [0.2, 0.25) is 0 Å². The number of hydrogen-bond acceptors (Lipinski definition) is 5. The molecule has 0 saturated carbocycles. The fourth-order valence-electron chi connectivity index (χ4n) is 2.51. The van der Waals surface area contributed by atoms with E-state index in [1.54, 1.807) is 28.8 Å². The second kappa shape index (κ2) is 7.55. The molecule has 2 aromatic carbocycles. The van der Waals surface area contributed by atoms with Crippen molar-refractivity contribution in [3.05, 3.63) is 72.5 Å². The third-order valence-corrected chi connectivity index (χ3v) is 4.65. The molecule has 27 heavy (non-hydrogen) atoms. The molecule has 0 aliphatic rings. The molecule has 0 aliphatic carbocycles. The molecule has 0 aliphatic heterocycles. The van der Waals surface area contributed by atoms with Crippen molar-refractivity contribution < 1.29 is 9.18 Å². The molecule has 134 valence electrons. The highest BCUT2D eigenvalue weighted by Gasteiger charge is 2.12. The molecule has 6 nitrogen and oxygen atoms in total. The molecule has 1 amide bonds. The van der Waals surface area contributed by atoms with Crippen LogP contribution in [0.15, 0.2) is 71.8 Å². The number of fused-ring (bicyclic) bond motifs is 1. The molecule has 0 spiro atoms. The van der Waals surface area contributed by atoms with E-state index in [2.05, 4.69) is 20.6 Å². The van der Waals surface area contributed by atoms with Gasteiger partial charge in [-0.2, -0.15) is 9.61 Å². The molecule has 1 N–H and O–H groups in total. The Labute approximate surface area is 158 Å². The number of nitrogens with one attached hydrogen (secondary N) is 1. The minimum Gasteiger partial charge on any atom is -0.325 e. The Kier molecular flexibility index (Phi) is 4.80. The monoisotopic (exact) mass is 379 g/mol. The number of nitrogens with zero attached hydrogens (tertiary/aromatic N) is 4. The Balaban J connectivity index is 1.51. The molecule has 4 rings (SSSR count). The third-order valence-electron chi connectivity index (χ3n) is 3.73. The lowest BCUT2D eigenvalue weighted by molar-refractivity contribution is -0.113. The van der Waals surface area contributed by atoms with E-state index >= 15 is 0 Å². The van der Waals surface area contributed by atoms with Gasteiger partial charge in [0.25, 0.3) is 0 Å². The van der Waals surface area contributed by atoms with Gasteiger partial charge in [-0.05, 0) is 36.4 Å². The van der Waals surface area contributed by atoms with E-state index in [0.29, 0.717) is 22.1 Å². The number of benzene rings is 2. The number of anilines is 1. The van der Waals surface area contributed by atoms with Gasteiger partial charge in [-0.1, -0.05) is 42.1 Å². The van der Waals surface area contributed by atoms with E-state index in [0.717, 1.165) is 5.69 Å². The van der Waals surface area contributed by atoms with Crippen molar-refractivity contribution in [2.75, 3.05) is 11.1 Å².